The van der Waals surface area contributed by atoms with Gasteiger partial charge in [-0.15, -0.1) is 0 Å². The second kappa shape index (κ2) is 6.45. The van der Waals surface area contributed by atoms with E-state index in [1.807, 2.05) is 20.8 Å². The van der Waals surface area contributed by atoms with Crippen LogP contribution >= 0.6 is 0 Å². The van der Waals surface area contributed by atoms with Crippen LogP contribution in [0.5, 0.6) is 5.75 Å². The Kier molecular flexibility index (Phi) is 5.22. The first kappa shape index (κ1) is 13.8. The monoisotopic (exact) mass is 241 g/mol. The third-order valence-corrected chi connectivity index (χ3v) is 2.70. The molecule has 0 bridgehead atoms. The van der Waals surface area contributed by atoms with E-state index in [9.17, 15) is 4.39 Å². The average molecular weight is 241 g/mol. The summed E-state index contributed by atoms with van der Waals surface area (Å²) in [7, 11) is 1.66. The lowest BCUT2D eigenvalue weighted by Crippen LogP contribution is -2.29. The third-order valence-electron chi connectivity index (χ3n) is 2.70. The van der Waals surface area contributed by atoms with Crippen LogP contribution < -0.4 is 10.1 Å². The summed E-state index contributed by atoms with van der Waals surface area (Å²) in [6.45, 7) is 6.36. The maximum Gasteiger partial charge on any atom is 0.145 e. The van der Waals surface area contributed by atoms with E-state index in [0.717, 1.165) is 5.69 Å². The van der Waals surface area contributed by atoms with Gasteiger partial charge in [-0.1, -0.05) is 0 Å². The van der Waals surface area contributed by atoms with Crippen molar-refractivity contribution in [2.45, 2.75) is 32.9 Å². The predicted molar refractivity (Wildman–Crippen MR) is 67.1 cm³/mol. The second-order valence-corrected chi connectivity index (χ2v) is 3.95. The molecule has 0 aliphatic carbocycles. The van der Waals surface area contributed by atoms with E-state index in [4.69, 9.17) is 9.47 Å². The highest BCUT2D eigenvalue weighted by molar-refractivity contribution is 5.57. The van der Waals surface area contributed by atoms with Gasteiger partial charge in [0.25, 0.3) is 0 Å². The van der Waals surface area contributed by atoms with Crippen molar-refractivity contribution < 1.29 is 13.9 Å². The van der Waals surface area contributed by atoms with Crippen molar-refractivity contribution in [1.82, 2.24) is 0 Å². The highest BCUT2D eigenvalue weighted by Crippen LogP contribution is 2.26. The van der Waals surface area contributed by atoms with Gasteiger partial charge in [0.2, 0.25) is 0 Å². The molecule has 17 heavy (non-hydrogen) atoms. The van der Waals surface area contributed by atoms with E-state index in [2.05, 4.69) is 5.32 Å². The molecule has 1 N–H and O–H groups in total. The SMILES string of the molecule is CCOc1cc(F)ccc1NC(C)C(C)OC. The number of anilines is 1. The summed E-state index contributed by atoms with van der Waals surface area (Å²) < 4.78 is 23.7. The number of hydrogen-bond acceptors (Lipinski definition) is 3. The van der Waals surface area contributed by atoms with Crippen LogP contribution in [0.1, 0.15) is 20.8 Å². The van der Waals surface area contributed by atoms with Crippen LogP contribution in [0.25, 0.3) is 0 Å². The number of methoxy groups -OCH3 is 1. The number of benzene rings is 1. The van der Waals surface area contributed by atoms with Crippen LogP contribution in [0.4, 0.5) is 10.1 Å². The molecule has 4 heteroatoms. The average Bonchev–Trinajstić information content (AvgIpc) is 2.31. The van der Waals surface area contributed by atoms with E-state index >= 15 is 0 Å². The van der Waals surface area contributed by atoms with Gasteiger partial charge in [-0.25, -0.2) is 4.39 Å². The van der Waals surface area contributed by atoms with E-state index in [1.165, 1.54) is 12.1 Å². The molecule has 0 spiro atoms. The van der Waals surface area contributed by atoms with E-state index in [1.54, 1.807) is 13.2 Å². The number of hydrogen-bond donors (Lipinski definition) is 1. The maximum absolute atomic E-state index is 13.1. The van der Waals surface area contributed by atoms with Crippen molar-refractivity contribution in [1.29, 1.82) is 0 Å². The lowest BCUT2D eigenvalue weighted by Gasteiger charge is -2.22. The molecule has 1 rings (SSSR count). The molecule has 1 aromatic rings. The van der Waals surface area contributed by atoms with E-state index in [0.29, 0.717) is 12.4 Å². The first-order chi connectivity index (χ1) is 8.08. The lowest BCUT2D eigenvalue weighted by atomic mass is 10.2. The first-order valence-corrected chi connectivity index (χ1v) is 5.80. The Labute approximate surface area is 102 Å². The van der Waals surface area contributed by atoms with E-state index < -0.39 is 0 Å². The van der Waals surface area contributed by atoms with Gasteiger partial charge in [-0.3, -0.25) is 0 Å². The number of rotatable bonds is 6. The fourth-order valence-corrected chi connectivity index (χ4v) is 1.46. The molecule has 0 saturated carbocycles. The second-order valence-electron chi connectivity index (χ2n) is 3.95. The van der Waals surface area contributed by atoms with Crippen LogP contribution in [-0.4, -0.2) is 25.9 Å². The van der Waals surface area contributed by atoms with Crippen molar-refractivity contribution >= 4 is 5.69 Å². The van der Waals surface area contributed by atoms with Crippen LogP contribution in [0, 0.1) is 5.82 Å². The highest BCUT2D eigenvalue weighted by atomic mass is 19.1. The summed E-state index contributed by atoms with van der Waals surface area (Å²) in [5.74, 6) is 0.231. The van der Waals surface area contributed by atoms with Crippen LogP contribution in [0.15, 0.2) is 18.2 Å². The molecule has 0 fully saturated rings. The van der Waals surface area contributed by atoms with Crippen LogP contribution in [-0.2, 0) is 4.74 Å². The van der Waals surface area contributed by atoms with Crippen LogP contribution in [0.2, 0.25) is 0 Å². The van der Waals surface area contributed by atoms with Gasteiger partial charge in [-0.2, -0.15) is 0 Å². The molecule has 0 radical (unpaired) electrons. The fourth-order valence-electron chi connectivity index (χ4n) is 1.46. The van der Waals surface area contributed by atoms with Gasteiger partial charge in [0.05, 0.1) is 18.4 Å². The standard InChI is InChI=1S/C13H20FNO2/c1-5-17-13-8-11(14)6-7-12(13)15-9(2)10(3)16-4/h6-10,15H,5H2,1-4H3. The summed E-state index contributed by atoms with van der Waals surface area (Å²) in [5.41, 5.74) is 0.782. The topological polar surface area (TPSA) is 30.5 Å². The molecule has 0 heterocycles. The summed E-state index contributed by atoms with van der Waals surface area (Å²) in [6.07, 6.45) is 0.0644. The normalized spacial score (nSPS) is 14.2. The fraction of sp³-hybridized carbons (Fsp3) is 0.538. The van der Waals surface area contributed by atoms with Gasteiger partial charge < -0.3 is 14.8 Å². The Morgan fingerprint density at radius 1 is 1.35 bits per heavy atom. The Bertz CT molecular complexity index is 357. The Hall–Kier alpha value is -1.29. The molecular weight excluding hydrogens is 221 g/mol. The smallest absolute Gasteiger partial charge is 0.145 e. The van der Waals surface area contributed by atoms with Crippen molar-refractivity contribution in [3.63, 3.8) is 0 Å². The molecule has 0 aromatic heterocycles. The van der Waals surface area contributed by atoms with Crippen molar-refractivity contribution in [3.8, 4) is 5.75 Å². The molecule has 3 nitrogen and oxygen atoms in total. The molecule has 2 atom stereocenters. The molecule has 2 unspecified atom stereocenters. The summed E-state index contributed by atoms with van der Waals surface area (Å²) in [5, 5.41) is 3.26. The molecule has 0 aliphatic rings. The van der Waals surface area contributed by atoms with Crippen molar-refractivity contribution in [3.05, 3.63) is 24.0 Å². The zero-order chi connectivity index (χ0) is 12.8. The van der Waals surface area contributed by atoms with Gasteiger partial charge in [0.1, 0.15) is 11.6 Å². The molecule has 1 aromatic carbocycles. The van der Waals surface area contributed by atoms with Gasteiger partial charge in [0, 0.05) is 19.2 Å². The molecule has 96 valence electrons. The molecule has 0 saturated heterocycles. The molecular formula is C13H20FNO2. The minimum Gasteiger partial charge on any atom is -0.492 e. The van der Waals surface area contributed by atoms with Gasteiger partial charge in [-0.05, 0) is 32.9 Å². The number of halogens is 1. The minimum atomic E-state index is -0.300. The number of ether oxygens (including phenoxy) is 2. The van der Waals surface area contributed by atoms with Crippen molar-refractivity contribution in [2.75, 3.05) is 19.0 Å². The van der Waals surface area contributed by atoms with Gasteiger partial charge in [0.15, 0.2) is 0 Å². The third kappa shape index (κ3) is 3.89. The quantitative estimate of drug-likeness (QED) is 0.830. The summed E-state index contributed by atoms with van der Waals surface area (Å²) in [4.78, 5) is 0. The maximum atomic E-state index is 13.1. The first-order valence-electron chi connectivity index (χ1n) is 5.80. The minimum absolute atomic E-state index is 0.0644. The Balaban J connectivity index is 2.82. The van der Waals surface area contributed by atoms with Crippen molar-refractivity contribution in [2.24, 2.45) is 0 Å². The van der Waals surface area contributed by atoms with E-state index in [-0.39, 0.29) is 18.0 Å². The highest BCUT2D eigenvalue weighted by Gasteiger charge is 2.13. The zero-order valence-electron chi connectivity index (χ0n) is 10.8. The Morgan fingerprint density at radius 3 is 2.65 bits per heavy atom. The predicted octanol–water partition coefficient (Wildman–Crippen LogP) is 3.06. The lowest BCUT2D eigenvalue weighted by molar-refractivity contribution is 0.106. The zero-order valence-corrected chi connectivity index (χ0v) is 10.8. The molecule has 0 aliphatic heterocycles. The van der Waals surface area contributed by atoms with Gasteiger partial charge >= 0.3 is 0 Å². The largest absolute Gasteiger partial charge is 0.492 e. The summed E-state index contributed by atoms with van der Waals surface area (Å²) in [6, 6.07) is 4.59. The summed E-state index contributed by atoms with van der Waals surface area (Å²) >= 11 is 0. The number of nitrogens with one attached hydrogen (secondary N) is 1. The Morgan fingerprint density at radius 2 is 2.06 bits per heavy atom. The molecule has 0 amide bonds. The van der Waals surface area contributed by atoms with Crippen LogP contribution in [0.3, 0.4) is 0 Å².